The Hall–Kier alpha value is -0.200. The third kappa shape index (κ3) is 2.62. The summed E-state index contributed by atoms with van der Waals surface area (Å²) in [6, 6.07) is -0.386. The van der Waals surface area contributed by atoms with Crippen LogP contribution in [0.4, 0.5) is 0 Å². The molecule has 0 aromatic rings. The van der Waals surface area contributed by atoms with Crippen molar-refractivity contribution in [1.82, 2.24) is 5.32 Å². The molecule has 0 amide bonds. The summed E-state index contributed by atoms with van der Waals surface area (Å²) < 4.78 is 4.73. The van der Waals surface area contributed by atoms with Gasteiger partial charge in [-0.2, -0.15) is 0 Å². The minimum absolute atomic E-state index is 0.0443. The number of hydrogen-bond acceptors (Lipinski definition) is 5. The molecule has 13 heavy (non-hydrogen) atoms. The third-order valence-electron chi connectivity index (χ3n) is 2.04. The average Bonchev–Trinajstić information content (AvgIpc) is 2.05. The van der Waals surface area contributed by atoms with Crippen LogP contribution >= 0.6 is 0 Å². The first-order chi connectivity index (χ1) is 6.02. The minimum Gasteiger partial charge on any atom is -0.389 e. The van der Waals surface area contributed by atoms with E-state index in [0.29, 0.717) is 0 Å². The van der Waals surface area contributed by atoms with E-state index in [9.17, 15) is 10.2 Å². The number of hydrogen-bond donors (Lipinski definition) is 4. The van der Waals surface area contributed by atoms with Gasteiger partial charge in [-0.05, 0) is 0 Å². The van der Waals surface area contributed by atoms with Gasteiger partial charge >= 0.3 is 0 Å². The van der Waals surface area contributed by atoms with Crippen LogP contribution in [-0.2, 0) is 4.74 Å². The highest BCUT2D eigenvalue weighted by Crippen LogP contribution is 2.14. The van der Waals surface area contributed by atoms with Crippen LogP contribution in [0.5, 0.6) is 0 Å². The van der Waals surface area contributed by atoms with E-state index < -0.39 is 24.5 Å². The molecule has 5 nitrogen and oxygen atoms in total. The molecule has 1 saturated heterocycles. The Bertz CT molecular complexity index is 164. The fourth-order valence-corrected chi connectivity index (χ4v) is 1.40. The van der Waals surface area contributed by atoms with E-state index >= 15 is 0 Å². The zero-order valence-corrected chi connectivity index (χ0v) is 7.84. The van der Waals surface area contributed by atoms with Crippen molar-refractivity contribution in [2.75, 3.05) is 6.61 Å². The summed E-state index contributed by atoms with van der Waals surface area (Å²) in [6.07, 6.45) is -3.06. The van der Waals surface area contributed by atoms with Crippen molar-refractivity contribution < 1.29 is 20.1 Å². The summed E-state index contributed by atoms with van der Waals surface area (Å²) in [6.45, 7) is 3.85. The zero-order valence-electron chi connectivity index (χ0n) is 7.84. The summed E-state index contributed by atoms with van der Waals surface area (Å²) in [5.74, 6) is 0. The summed E-state index contributed by atoms with van der Waals surface area (Å²) in [7, 11) is 0. The molecule has 0 aromatic heterocycles. The normalized spacial score (nSPS) is 41.1. The zero-order chi connectivity index (χ0) is 10.0. The molecule has 1 heterocycles. The molecule has 0 aliphatic carbocycles. The first-order valence-corrected chi connectivity index (χ1v) is 4.44. The van der Waals surface area contributed by atoms with E-state index in [1.54, 1.807) is 0 Å². The lowest BCUT2D eigenvalue weighted by Crippen LogP contribution is -2.60. The van der Waals surface area contributed by atoms with Gasteiger partial charge in [-0.25, -0.2) is 0 Å². The quantitative estimate of drug-likeness (QED) is 0.423. The minimum atomic E-state index is -1.21. The molecule has 0 bridgehead atoms. The molecule has 1 rings (SSSR count). The number of nitrogens with one attached hydrogen (secondary N) is 1. The summed E-state index contributed by atoms with van der Waals surface area (Å²) in [5, 5.41) is 31.0. The molecule has 1 aliphatic rings. The SMILES string of the molecule is CC(C)N[C@@H]1[C@@H](O)[C@@H](O)OC[C@H]1O. The predicted octanol–water partition coefficient (Wildman–Crippen LogP) is -1.58. The van der Waals surface area contributed by atoms with E-state index in [2.05, 4.69) is 5.32 Å². The van der Waals surface area contributed by atoms with Crippen molar-refractivity contribution in [2.24, 2.45) is 0 Å². The van der Waals surface area contributed by atoms with Gasteiger partial charge in [-0.1, -0.05) is 13.8 Å². The maximum Gasteiger partial charge on any atom is 0.182 e. The van der Waals surface area contributed by atoms with E-state index in [1.165, 1.54) is 0 Å². The highest BCUT2D eigenvalue weighted by Gasteiger charge is 2.37. The molecule has 78 valence electrons. The van der Waals surface area contributed by atoms with Gasteiger partial charge in [0, 0.05) is 6.04 Å². The molecule has 0 radical (unpaired) electrons. The summed E-state index contributed by atoms with van der Waals surface area (Å²) in [5.41, 5.74) is 0. The first-order valence-electron chi connectivity index (χ1n) is 4.44. The second kappa shape index (κ2) is 4.34. The predicted molar refractivity (Wildman–Crippen MR) is 46.0 cm³/mol. The van der Waals surface area contributed by atoms with Gasteiger partial charge in [0.05, 0.1) is 18.8 Å². The van der Waals surface area contributed by atoms with Crippen LogP contribution in [0.3, 0.4) is 0 Å². The molecule has 0 aromatic carbocycles. The highest BCUT2D eigenvalue weighted by molar-refractivity contribution is 4.89. The Morgan fingerprint density at radius 2 is 1.92 bits per heavy atom. The van der Waals surface area contributed by atoms with Crippen molar-refractivity contribution in [3.8, 4) is 0 Å². The smallest absolute Gasteiger partial charge is 0.182 e. The maximum absolute atomic E-state index is 9.46. The number of aliphatic hydroxyl groups is 3. The second-order valence-corrected chi connectivity index (χ2v) is 3.63. The van der Waals surface area contributed by atoms with Crippen molar-refractivity contribution in [2.45, 2.75) is 44.4 Å². The van der Waals surface area contributed by atoms with Crippen molar-refractivity contribution >= 4 is 0 Å². The summed E-state index contributed by atoms with van der Waals surface area (Å²) in [4.78, 5) is 0. The summed E-state index contributed by atoms with van der Waals surface area (Å²) >= 11 is 0. The monoisotopic (exact) mass is 191 g/mol. The van der Waals surface area contributed by atoms with Crippen molar-refractivity contribution in [1.29, 1.82) is 0 Å². The van der Waals surface area contributed by atoms with E-state index in [1.807, 2.05) is 13.8 Å². The average molecular weight is 191 g/mol. The topological polar surface area (TPSA) is 82.0 Å². The van der Waals surface area contributed by atoms with E-state index in [-0.39, 0.29) is 12.6 Å². The molecule has 0 saturated carbocycles. The number of rotatable bonds is 2. The number of ether oxygens (including phenoxy) is 1. The molecule has 1 aliphatic heterocycles. The lowest BCUT2D eigenvalue weighted by atomic mass is 10.0. The molecular formula is C8H17NO4. The van der Waals surface area contributed by atoms with Crippen LogP contribution in [0.25, 0.3) is 0 Å². The van der Waals surface area contributed by atoms with Crippen LogP contribution in [0.15, 0.2) is 0 Å². The lowest BCUT2D eigenvalue weighted by Gasteiger charge is -2.37. The van der Waals surface area contributed by atoms with Crippen LogP contribution in [-0.4, -0.2) is 52.5 Å². The van der Waals surface area contributed by atoms with Gasteiger partial charge in [0.25, 0.3) is 0 Å². The van der Waals surface area contributed by atoms with Crippen molar-refractivity contribution in [3.63, 3.8) is 0 Å². The van der Waals surface area contributed by atoms with Gasteiger partial charge in [0.2, 0.25) is 0 Å². The Balaban J connectivity index is 2.55. The van der Waals surface area contributed by atoms with Gasteiger partial charge in [-0.3, -0.25) is 0 Å². The van der Waals surface area contributed by atoms with Gasteiger partial charge in [-0.15, -0.1) is 0 Å². The molecule has 5 heteroatoms. The number of aliphatic hydroxyl groups excluding tert-OH is 3. The molecule has 0 spiro atoms. The first kappa shape index (κ1) is 10.9. The fourth-order valence-electron chi connectivity index (χ4n) is 1.40. The van der Waals surface area contributed by atoms with Crippen LogP contribution in [0, 0.1) is 0 Å². The Labute approximate surface area is 77.3 Å². The van der Waals surface area contributed by atoms with Crippen LogP contribution in [0.1, 0.15) is 13.8 Å². The highest BCUT2D eigenvalue weighted by atomic mass is 16.6. The molecule has 0 unspecified atom stereocenters. The molecular weight excluding hydrogens is 174 g/mol. The maximum atomic E-state index is 9.46. The largest absolute Gasteiger partial charge is 0.389 e. The Morgan fingerprint density at radius 3 is 2.46 bits per heavy atom. The second-order valence-electron chi connectivity index (χ2n) is 3.63. The third-order valence-corrected chi connectivity index (χ3v) is 2.04. The molecule has 4 atom stereocenters. The van der Waals surface area contributed by atoms with E-state index in [4.69, 9.17) is 9.84 Å². The van der Waals surface area contributed by atoms with Gasteiger partial charge in [0.15, 0.2) is 6.29 Å². The fraction of sp³-hybridized carbons (Fsp3) is 1.00. The molecule has 4 N–H and O–H groups in total. The Morgan fingerprint density at radius 1 is 1.31 bits per heavy atom. The van der Waals surface area contributed by atoms with Gasteiger partial charge in [0.1, 0.15) is 6.10 Å². The van der Waals surface area contributed by atoms with Crippen LogP contribution < -0.4 is 5.32 Å². The lowest BCUT2D eigenvalue weighted by molar-refractivity contribution is -0.224. The standard InChI is InChI=1S/C8H17NO4/c1-4(2)9-6-5(10)3-13-8(12)7(6)11/h4-12H,3H2,1-2H3/t5-,6+,7-,8+/m1/s1. The van der Waals surface area contributed by atoms with Crippen molar-refractivity contribution in [3.05, 3.63) is 0 Å². The van der Waals surface area contributed by atoms with E-state index in [0.717, 1.165) is 0 Å². The van der Waals surface area contributed by atoms with Gasteiger partial charge < -0.3 is 25.4 Å². The van der Waals surface area contributed by atoms with Crippen LogP contribution in [0.2, 0.25) is 0 Å². The molecule has 1 fully saturated rings. The Kier molecular flexibility index (Phi) is 3.63.